The maximum absolute atomic E-state index is 12.4. The summed E-state index contributed by atoms with van der Waals surface area (Å²) in [6, 6.07) is 17.7. The predicted molar refractivity (Wildman–Crippen MR) is 136 cm³/mol. The molecule has 178 valence electrons. The Kier molecular flexibility index (Phi) is 9.62. The Labute approximate surface area is 209 Å². The molecule has 0 aliphatic heterocycles. The average molecular weight is 501 g/mol. The Morgan fingerprint density at radius 3 is 2.44 bits per heavy atom. The van der Waals surface area contributed by atoms with E-state index in [-0.39, 0.29) is 12.5 Å². The highest BCUT2D eigenvalue weighted by atomic mass is 35.5. The summed E-state index contributed by atoms with van der Waals surface area (Å²) in [6.45, 7) is 5.20. The summed E-state index contributed by atoms with van der Waals surface area (Å²) in [6.07, 6.45) is 2.41. The van der Waals surface area contributed by atoms with Crippen LogP contribution in [-0.4, -0.2) is 25.3 Å². The van der Waals surface area contributed by atoms with Crippen LogP contribution < -0.4 is 19.6 Å². The largest absolute Gasteiger partial charge is 0.494 e. The van der Waals surface area contributed by atoms with E-state index in [1.807, 2.05) is 32.0 Å². The second-order valence-corrected chi connectivity index (χ2v) is 8.03. The van der Waals surface area contributed by atoms with Crippen LogP contribution in [0.5, 0.6) is 17.2 Å². The van der Waals surface area contributed by atoms with Crippen LogP contribution in [-0.2, 0) is 6.61 Å². The van der Waals surface area contributed by atoms with Gasteiger partial charge in [-0.1, -0.05) is 48.3 Å². The van der Waals surface area contributed by atoms with Crippen LogP contribution in [0, 0.1) is 0 Å². The van der Waals surface area contributed by atoms with E-state index in [0.29, 0.717) is 45.9 Å². The van der Waals surface area contributed by atoms with E-state index in [2.05, 4.69) is 10.5 Å². The SMILES string of the molecule is CCCOc1ccc(C(=O)N/N=C\c2cc(Cl)c(OCc3ccccc3Cl)c(OCC)c2)cc1. The van der Waals surface area contributed by atoms with Crippen LogP contribution in [0.25, 0.3) is 0 Å². The van der Waals surface area contributed by atoms with Gasteiger partial charge in [0.1, 0.15) is 12.4 Å². The molecule has 0 saturated carbocycles. The van der Waals surface area contributed by atoms with Crippen LogP contribution in [0.15, 0.2) is 65.8 Å². The molecule has 0 spiro atoms. The van der Waals surface area contributed by atoms with Gasteiger partial charge in [0.25, 0.3) is 5.91 Å². The summed E-state index contributed by atoms with van der Waals surface area (Å²) in [4.78, 5) is 12.4. The molecule has 34 heavy (non-hydrogen) atoms. The van der Waals surface area contributed by atoms with Gasteiger partial charge in [-0.05, 0) is 61.4 Å². The zero-order valence-electron chi connectivity index (χ0n) is 19.0. The molecule has 1 amide bonds. The predicted octanol–water partition coefficient (Wildman–Crippen LogP) is 6.52. The lowest BCUT2D eigenvalue weighted by Gasteiger charge is -2.15. The number of amides is 1. The Hall–Kier alpha value is -3.22. The maximum Gasteiger partial charge on any atom is 0.271 e. The van der Waals surface area contributed by atoms with Crippen molar-refractivity contribution in [3.8, 4) is 17.2 Å². The third-order valence-corrected chi connectivity index (χ3v) is 5.28. The van der Waals surface area contributed by atoms with Crippen LogP contribution in [0.1, 0.15) is 41.8 Å². The van der Waals surface area contributed by atoms with E-state index >= 15 is 0 Å². The second-order valence-electron chi connectivity index (χ2n) is 7.22. The summed E-state index contributed by atoms with van der Waals surface area (Å²) in [7, 11) is 0. The first kappa shape index (κ1) is 25.4. The number of benzene rings is 3. The average Bonchev–Trinajstić information content (AvgIpc) is 2.83. The van der Waals surface area contributed by atoms with Gasteiger partial charge in [0.05, 0.1) is 24.5 Å². The minimum Gasteiger partial charge on any atom is -0.494 e. The van der Waals surface area contributed by atoms with E-state index in [0.717, 1.165) is 17.7 Å². The van der Waals surface area contributed by atoms with Gasteiger partial charge in [-0.2, -0.15) is 5.10 Å². The topological polar surface area (TPSA) is 69.2 Å². The Morgan fingerprint density at radius 2 is 1.74 bits per heavy atom. The number of halogens is 2. The Morgan fingerprint density at radius 1 is 0.971 bits per heavy atom. The second kappa shape index (κ2) is 12.9. The smallest absolute Gasteiger partial charge is 0.271 e. The van der Waals surface area contributed by atoms with Gasteiger partial charge in [-0.25, -0.2) is 5.43 Å². The normalized spacial score (nSPS) is 10.8. The number of nitrogens with zero attached hydrogens (tertiary/aromatic N) is 1. The highest BCUT2D eigenvalue weighted by Crippen LogP contribution is 2.37. The Bertz CT molecular complexity index is 1130. The molecule has 3 aromatic rings. The minimum atomic E-state index is -0.339. The first-order valence-corrected chi connectivity index (χ1v) is 11.7. The van der Waals surface area contributed by atoms with Gasteiger partial charge in [0.15, 0.2) is 11.5 Å². The molecule has 0 aromatic heterocycles. The zero-order chi connectivity index (χ0) is 24.3. The van der Waals surface area contributed by atoms with Gasteiger partial charge in [0.2, 0.25) is 0 Å². The fourth-order valence-electron chi connectivity index (χ4n) is 2.98. The molecule has 3 rings (SSSR count). The maximum atomic E-state index is 12.4. The van der Waals surface area contributed by atoms with Gasteiger partial charge >= 0.3 is 0 Å². The van der Waals surface area contributed by atoms with Crippen molar-refractivity contribution in [1.29, 1.82) is 0 Å². The first-order chi connectivity index (χ1) is 16.5. The fourth-order valence-corrected chi connectivity index (χ4v) is 3.45. The third-order valence-electron chi connectivity index (χ3n) is 4.63. The number of carbonyl (C=O) groups is 1. The van der Waals surface area contributed by atoms with E-state index in [1.54, 1.807) is 42.5 Å². The Balaban J connectivity index is 1.67. The number of ether oxygens (including phenoxy) is 3. The molecule has 0 unspecified atom stereocenters. The van der Waals surface area contributed by atoms with Crippen molar-refractivity contribution in [2.24, 2.45) is 5.10 Å². The number of nitrogens with one attached hydrogen (secondary N) is 1. The van der Waals surface area contributed by atoms with Gasteiger partial charge in [-0.15, -0.1) is 0 Å². The van der Waals surface area contributed by atoms with Crippen molar-refractivity contribution in [2.75, 3.05) is 13.2 Å². The number of hydrogen-bond donors (Lipinski definition) is 1. The highest BCUT2D eigenvalue weighted by molar-refractivity contribution is 6.32. The van der Waals surface area contributed by atoms with E-state index in [4.69, 9.17) is 37.4 Å². The molecule has 0 saturated heterocycles. The van der Waals surface area contributed by atoms with E-state index < -0.39 is 0 Å². The molecule has 0 bridgehead atoms. The van der Waals surface area contributed by atoms with Crippen molar-refractivity contribution < 1.29 is 19.0 Å². The molecular formula is C26H26Cl2N2O4. The van der Waals surface area contributed by atoms with Crippen molar-refractivity contribution in [1.82, 2.24) is 5.43 Å². The standard InChI is InChI=1S/C26H26Cl2N2O4/c1-3-13-33-21-11-9-19(10-12-21)26(31)30-29-16-18-14-23(28)25(24(15-18)32-4-2)34-17-20-7-5-6-8-22(20)27/h5-12,14-16H,3-4,13,17H2,1-2H3,(H,30,31)/b29-16-. The first-order valence-electron chi connectivity index (χ1n) is 10.9. The molecule has 0 aliphatic rings. The monoisotopic (exact) mass is 500 g/mol. The lowest BCUT2D eigenvalue weighted by molar-refractivity contribution is 0.0955. The number of hydrazone groups is 1. The third kappa shape index (κ3) is 7.14. The van der Waals surface area contributed by atoms with Gasteiger partial charge in [-0.3, -0.25) is 4.79 Å². The highest BCUT2D eigenvalue weighted by Gasteiger charge is 2.13. The van der Waals surface area contributed by atoms with Crippen LogP contribution in [0.4, 0.5) is 0 Å². The molecule has 1 N–H and O–H groups in total. The summed E-state index contributed by atoms with van der Waals surface area (Å²) in [5, 5.41) is 5.00. The van der Waals surface area contributed by atoms with Crippen LogP contribution in [0.3, 0.4) is 0 Å². The molecule has 0 radical (unpaired) electrons. The van der Waals surface area contributed by atoms with Crippen molar-refractivity contribution in [3.05, 3.63) is 87.4 Å². The quantitative estimate of drug-likeness (QED) is 0.240. The number of hydrogen-bond acceptors (Lipinski definition) is 5. The summed E-state index contributed by atoms with van der Waals surface area (Å²) >= 11 is 12.7. The lowest BCUT2D eigenvalue weighted by Crippen LogP contribution is -2.17. The van der Waals surface area contributed by atoms with Gasteiger partial charge in [0, 0.05) is 16.1 Å². The molecule has 8 heteroatoms. The fraction of sp³-hybridized carbons (Fsp3) is 0.231. The molecule has 0 heterocycles. The zero-order valence-corrected chi connectivity index (χ0v) is 20.5. The molecule has 3 aromatic carbocycles. The van der Waals surface area contributed by atoms with E-state index in [9.17, 15) is 4.79 Å². The number of carbonyl (C=O) groups excluding carboxylic acids is 1. The van der Waals surface area contributed by atoms with Crippen molar-refractivity contribution >= 4 is 35.3 Å². The minimum absolute atomic E-state index is 0.241. The van der Waals surface area contributed by atoms with Crippen LogP contribution >= 0.6 is 23.2 Å². The number of rotatable bonds is 11. The summed E-state index contributed by atoms with van der Waals surface area (Å²) in [5.74, 6) is 1.26. The van der Waals surface area contributed by atoms with Crippen molar-refractivity contribution in [2.45, 2.75) is 26.9 Å². The molecule has 0 aliphatic carbocycles. The van der Waals surface area contributed by atoms with E-state index in [1.165, 1.54) is 6.21 Å². The summed E-state index contributed by atoms with van der Waals surface area (Å²) < 4.78 is 17.1. The molecular weight excluding hydrogens is 475 g/mol. The summed E-state index contributed by atoms with van der Waals surface area (Å²) in [5.41, 5.74) is 4.45. The molecule has 0 atom stereocenters. The lowest BCUT2D eigenvalue weighted by atomic mass is 10.2. The van der Waals surface area contributed by atoms with Crippen LogP contribution in [0.2, 0.25) is 10.0 Å². The van der Waals surface area contributed by atoms with Crippen molar-refractivity contribution in [3.63, 3.8) is 0 Å². The molecule has 6 nitrogen and oxygen atoms in total. The molecule has 0 fully saturated rings. The van der Waals surface area contributed by atoms with Gasteiger partial charge < -0.3 is 14.2 Å².